The molecule has 16 atom stereocenters. The SMILES string of the molecule is CC1=C2[C@H](C)[C@H](O)[C@@]3(C)[C@H]([C@H](C)[C@]2(C(C)(C)O)C[C@@H]1O)[C@]1(C)CO[C@@H]1C[C@@H]3O.COc1ccc(C2O[C@@H](OC=O)[C@H](CC(C)C)N2C(=O)OC(C)(C)C)c(C)c1.Cc1cccc(C)c1C1O[C@@H](OC=O)[C@H](CC(C)C)N1C(=O)OC(C)(C)C. The van der Waals surface area contributed by atoms with E-state index < -0.39 is 95.3 Å². The number of nitrogens with zero attached hydrogens (tertiary/aromatic N) is 2. The maximum Gasteiger partial charge on any atom is 0.413 e. The molecule has 466 valence electrons. The standard InChI is InChI=1S/C23H38O5.C21H31NO6.C21H31NO5/c1-11-14(24)9-23(20(4,5)27)13(3)18-21(6)10-28-16(21)8-15(25)22(18,7)19(26)12(2)17(11)23;1-13(2)10-17-19(26-12-23)27-18(22(17)20(24)28-21(4,5)6)16-9-8-15(25-7)11-14(16)3;1-13(2)11-16-19(25-12-23)26-18(17-14(3)9-8-10-15(17)4)22(16)20(24)27-21(5,6)7/h12-16,18-19,24-27H,8-10H2,1-7H3;8-9,11-13,17-19H,10H2,1-7H3;8-10,12-13,16,18-19H,11H2,1-7H3/t12-,13-,14-,15-,16+,18+,19-,21+,22+,23+;17-,18?,19+;16-,18?,19+/m000/s1. The fourth-order valence-electron chi connectivity index (χ4n) is 15.1. The summed E-state index contributed by atoms with van der Waals surface area (Å²) < 4.78 is 44.9. The Labute approximate surface area is 493 Å². The summed E-state index contributed by atoms with van der Waals surface area (Å²) in [6.07, 6.45) is -3.91. The summed E-state index contributed by atoms with van der Waals surface area (Å²) in [4.78, 5) is 51.4. The summed E-state index contributed by atoms with van der Waals surface area (Å²) >= 11 is 0. The van der Waals surface area contributed by atoms with Crippen LogP contribution in [-0.4, -0.2) is 135 Å². The van der Waals surface area contributed by atoms with E-state index in [1.807, 2.05) is 147 Å². The molecule has 6 aliphatic rings. The van der Waals surface area contributed by atoms with Gasteiger partial charge in [-0.05, 0) is 160 Å². The van der Waals surface area contributed by atoms with Gasteiger partial charge in [-0.25, -0.2) is 9.59 Å². The van der Waals surface area contributed by atoms with Gasteiger partial charge in [-0.15, -0.1) is 0 Å². The number of methoxy groups -OCH3 is 1. The number of hydrogen-bond acceptors (Lipinski definition) is 16. The van der Waals surface area contributed by atoms with Crippen molar-refractivity contribution in [2.45, 2.75) is 242 Å². The van der Waals surface area contributed by atoms with Gasteiger partial charge in [0.15, 0.2) is 12.5 Å². The lowest BCUT2D eigenvalue weighted by Crippen LogP contribution is -2.71. The zero-order valence-corrected chi connectivity index (χ0v) is 53.4. The number of aliphatic hydroxyl groups is 4. The number of aliphatic hydroxyl groups excluding tert-OH is 3. The van der Waals surface area contributed by atoms with Gasteiger partial charge in [0.1, 0.15) is 29.0 Å². The number of rotatable bonds is 12. The molecule has 2 saturated carbocycles. The summed E-state index contributed by atoms with van der Waals surface area (Å²) in [7, 11) is 1.60. The molecule has 3 saturated heterocycles. The van der Waals surface area contributed by atoms with Crippen LogP contribution in [0.2, 0.25) is 0 Å². The van der Waals surface area contributed by atoms with Gasteiger partial charge in [0.05, 0.1) is 43.7 Å². The van der Waals surface area contributed by atoms with Gasteiger partial charge in [0, 0.05) is 39.7 Å². The van der Waals surface area contributed by atoms with Crippen molar-refractivity contribution < 1.29 is 77.5 Å². The Hall–Kier alpha value is -4.82. The molecule has 3 aliphatic heterocycles. The van der Waals surface area contributed by atoms with E-state index in [4.69, 9.17) is 37.9 Å². The average molecular weight is 1170 g/mol. The average Bonchev–Trinajstić information content (AvgIpc) is 1.65. The molecule has 83 heavy (non-hydrogen) atoms. The van der Waals surface area contributed by atoms with Crippen LogP contribution in [-0.2, 0) is 42.7 Å². The molecule has 2 unspecified atom stereocenters. The van der Waals surface area contributed by atoms with E-state index in [1.165, 1.54) is 0 Å². The van der Waals surface area contributed by atoms with Crippen LogP contribution in [0.1, 0.15) is 184 Å². The maximum atomic E-state index is 13.1. The van der Waals surface area contributed by atoms with Crippen molar-refractivity contribution in [3.63, 3.8) is 0 Å². The minimum atomic E-state index is -1.07. The third-order valence-electron chi connectivity index (χ3n) is 18.6. The predicted molar refractivity (Wildman–Crippen MR) is 312 cm³/mol. The van der Waals surface area contributed by atoms with Crippen LogP contribution in [0.3, 0.4) is 0 Å². The molecule has 18 heteroatoms. The van der Waals surface area contributed by atoms with Gasteiger partial charge in [0.2, 0.25) is 12.6 Å². The molecule has 3 aliphatic carbocycles. The molecular formula is C65H100N2O16. The molecule has 2 aromatic carbocycles. The number of ether oxygens (including phenoxy) is 8. The smallest absolute Gasteiger partial charge is 0.413 e. The minimum Gasteiger partial charge on any atom is -0.497 e. The van der Waals surface area contributed by atoms with Crippen LogP contribution in [0.15, 0.2) is 47.5 Å². The Morgan fingerprint density at radius 1 is 0.759 bits per heavy atom. The molecule has 18 nitrogen and oxygen atoms in total. The number of amides is 2. The second kappa shape index (κ2) is 25.3. The number of carbonyl (C=O) groups excluding carboxylic acids is 4. The lowest BCUT2D eigenvalue weighted by atomic mass is 9.44. The van der Waals surface area contributed by atoms with Gasteiger partial charge < -0.3 is 58.3 Å². The van der Waals surface area contributed by atoms with Crippen molar-refractivity contribution in [2.75, 3.05) is 13.7 Å². The van der Waals surface area contributed by atoms with Crippen molar-refractivity contribution in [2.24, 2.45) is 45.8 Å². The lowest BCUT2D eigenvalue weighted by molar-refractivity contribution is -0.308. The zero-order chi connectivity index (χ0) is 62.4. The second-order valence-corrected chi connectivity index (χ2v) is 28.1. The highest BCUT2D eigenvalue weighted by molar-refractivity contribution is 5.70. The molecule has 0 bridgehead atoms. The highest BCUT2D eigenvalue weighted by atomic mass is 16.7. The molecule has 4 N–H and O–H groups in total. The summed E-state index contributed by atoms with van der Waals surface area (Å²) in [5.41, 5.74) is 2.57. The topological polar surface area (TPSA) is 230 Å². The van der Waals surface area contributed by atoms with Crippen LogP contribution >= 0.6 is 0 Å². The Kier molecular flexibility index (Phi) is 20.5. The van der Waals surface area contributed by atoms with E-state index in [-0.39, 0.29) is 41.1 Å². The third-order valence-corrected chi connectivity index (χ3v) is 18.6. The highest BCUT2D eigenvalue weighted by Gasteiger charge is 2.73. The van der Waals surface area contributed by atoms with E-state index in [1.54, 1.807) is 16.9 Å². The summed E-state index contributed by atoms with van der Waals surface area (Å²) in [5, 5.41) is 45.3. The number of hydrogen-bond donors (Lipinski definition) is 4. The fourth-order valence-corrected chi connectivity index (χ4v) is 15.1. The monoisotopic (exact) mass is 1160 g/mol. The molecule has 0 spiro atoms. The Morgan fingerprint density at radius 2 is 1.25 bits per heavy atom. The van der Waals surface area contributed by atoms with Gasteiger partial charge in [-0.2, -0.15) is 0 Å². The Bertz CT molecular complexity index is 2630. The molecular weight excluding hydrogens is 1060 g/mol. The third kappa shape index (κ3) is 13.1. The van der Waals surface area contributed by atoms with Crippen molar-refractivity contribution in [3.8, 4) is 5.75 Å². The first-order valence-corrected chi connectivity index (χ1v) is 29.7. The summed E-state index contributed by atoms with van der Waals surface area (Å²) in [6, 6.07) is 10.6. The van der Waals surface area contributed by atoms with Crippen molar-refractivity contribution >= 4 is 25.1 Å². The van der Waals surface area contributed by atoms with Crippen molar-refractivity contribution in [1.82, 2.24) is 9.80 Å². The van der Waals surface area contributed by atoms with Crippen LogP contribution < -0.4 is 4.74 Å². The molecule has 2 aromatic rings. The molecule has 2 amide bonds. The number of benzene rings is 2. The molecule has 0 aromatic heterocycles. The van der Waals surface area contributed by atoms with Gasteiger partial charge in [-0.1, -0.05) is 85.2 Å². The molecule has 0 radical (unpaired) electrons. The number of fused-ring (bicyclic) bond motifs is 4. The van der Waals surface area contributed by atoms with Crippen LogP contribution in [0.25, 0.3) is 0 Å². The molecule has 5 fully saturated rings. The van der Waals surface area contributed by atoms with Crippen LogP contribution in [0.5, 0.6) is 5.75 Å². The van der Waals surface area contributed by atoms with Gasteiger partial charge in [-0.3, -0.25) is 19.4 Å². The van der Waals surface area contributed by atoms with Gasteiger partial charge in [0.25, 0.3) is 12.9 Å². The largest absolute Gasteiger partial charge is 0.497 e. The van der Waals surface area contributed by atoms with Crippen LogP contribution in [0.4, 0.5) is 9.59 Å². The Morgan fingerprint density at radius 3 is 1.67 bits per heavy atom. The minimum absolute atomic E-state index is 0.0256. The van der Waals surface area contributed by atoms with E-state index in [2.05, 4.69) is 27.7 Å². The van der Waals surface area contributed by atoms with E-state index in [0.29, 0.717) is 51.0 Å². The molecule has 8 rings (SSSR count). The van der Waals surface area contributed by atoms with Gasteiger partial charge >= 0.3 is 12.2 Å². The lowest BCUT2D eigenvalue weighted by Gasteiger charge is -2.66. The van der Waals surface area contributed by atoms with E-state index in [0.717, 1.165) is 39.0 Å². The van der Waals surface area contributed by atoms with E-state index >= 15 is 0 Å². The maximum absolute atomic E-state index is 13.1. The quantitative estimate of drug-likeness (QED) is 0.0880. The first kappa shape index (κ1) is 67.3. The van der Waals surface area contributed by atoms with Crippen molar-refractivity contribution in [3.05, 3.63) is 75.4 Å². The second-order valence-electron chi connectivity index (χ2n) is 28.1. The van der Waals surface area contributed by atoms with Crippen molar-refractivity contribution in [1.29, 1.82) is 0 Å². The Balaban J connectivity index is 0.000000200. The summed E-state index contributed by atoms with van der Waals surface area (Å²) in [5.74, 6) is 0.914. The van der Waals surface area contributed by atoms with E-state index in [9.17, 15) is 39.6 Å². The summed E-state index contributed by atoms with van der Waals surface area (Å²) in [6.45, 7) is 40.3. The first-order valence-electron chi connectivity index (χ1n) is 29.7. The molecule has 3 heterocycles. The van der Waals surface area contributed by atoms with Crippen LogP contribution in [0, 0.1) is 66.6 Å². The highest BCUT2D eigenvalue weighted by Crippen LogP contribution is 2.71. The normalized spacial score (nSPS) is 34.0. The zero-order valence-electron chi connectivity index (χ0n) is 53.4. The fraction of sp³-hybridized carbons (Fsp3) is 0.723. The number of carbonyl (C=O) groups is 4. The predicted octanol–water partition coefficient (Wildman–Crippen LogP) is 10.9. The number of aryl methyl sites for hydroxylation is 3. The first-order chi connectivity index (χ1) is 38.4.